The number of rotatable bonds is 4. The standard InChI is InChI=1S/C18H27N3O3.C2H2O4/c1-14-11-20(12-15(2)24-14)17-7-9-19(10-8-17)13-16-5-3-4-6-18(16)21(22)23;3-1(4)2(5)6/h3-6,14-15,17H,7-13H2,1-2H3;(H,3,4)(H,5,6). The van der Waals surface area contributed by atoms with Crippen molar-refractivity contribution in [1.29, 1.82) is 0 Å². The number of hydrogen-bond acceptors (Lipinski definition) is 7. The van der Waals surface area contributed by atoms with Gasteiger partial charge in [0.1, 0.15) is 0 Å². The first-order valence-corrected chi connectivity index (χ1v) is 9.97. The molecule has 2 aliphatic heterocycles. The third-order valence-electron chi connectivity index (χ3n) is 5.29. The van der Waals surface area contributed by atoms with Gasteiger partial charge >= 0.3 is 11.9 Å². The van der Waals surface area contributed by atoms with Gasteiger partial charge in [-0.3, -0.25) is 19.9 Å². The van der Waals surface area contributed by atoms with E-state index in [2.05, 4.69) is 23.6 Å². The van der Waals surface area contributed by atoms with Crippen molar-refractivity contribution in [3.05, 3.63) is 39.9 Å². The predicted molar refractivity (Wildman–Crippen MR) is 108 cm³/mol. The highest BCUT2D eigenvalue weighted by Crippen LogP contribution is 2.24. The Labute approximate surface area is 175 Å². The topological polar surface area (TPSA) is 133 Å². The minimum Gasteiger partial charge on any atom is -0.473 e. The van der Waals surface area contributed by atoms with Crippen molar-refractivity contribution in [1.82, 2.24) is 9.80 Å². The van der Waals surface area contributed by atoms with Crippen LogP contribution in [0.2, 0.25) is 0 Å². The number of carboxylic acid groups (broad SMARTS) is 2. The molecule has 0 aliphatic carbocycles. The van der Waals surface area contributed by atoms with Crippen LogP contribution in [0.1, 0.15) is 32.3 Å². The molecule has 30 heavy (non-hydrogen) atoms. The molecule has 2 unspecified atom stereocenters. The van der Waals surface area contributed by atoms with E-state index in [-0.39, 0.29) is 10.6 Å². The summed E-state index contributed by atoms with van der Waals surface area (Å²) in [7, 11) is 0. The van der Waals surface area contributed by atoms with Gasteiger partial charge in [0, 0.05) is 37.3 Å². The normalized spacial score (nSPS) is 23.3. The van der Waals surface area contributed by atoms with Gasteiger partial charge in [-0.2, -0.15) is 0 Å². The number of nitro groups is 1. The van der Waals surface area contributed by atoms with Crippen molar-refractivity contribution in [3.63, 3.8) is 0 Å². The molecule has 10 nitrogen and oxygen atoms in total. The second kappa shape index (κ2) is 11.0. The van der Waals surface area contributed by atoms with E-state index in [4.69, 9.17) is 24.5 Å². The van der Waals surface area contributed by atoms with Gasteiger partial charge in [-0.25, -0.2) is 9.59 Å². The zero-order valence-electron chi connectivity index (χ0n) is 17.3. The molecular formula is C20H29N3O7. The highest BCUT2D eigenvalue weighted by Gasteiger charge is 2.30. The molecule has 0 radical (unpaired) electrons. The molecule has 3 rings (SSSR count). The highest BCUT2D eigenvalue weighted by atomic mass is 16.6. The van der Waals surface area contributed by atoms with Gasteiger partial charge in [-0.15, -0.1) is 0 Å². The summed E-state index contributed by atoms with van der Waals surface area (Å²) in [6.07, 6.45) is 2.86. The minimum absolute atomic E-state index is 0.232. The number of hydrogen-bond donors (Lipinski definition) is 2. The summed E-state index contributed by atoms with van der Waals surface area (Å²) in [4.78, 5) is 34.0. The van der Waals surface area contributed by atoms with E-state index in [1.54, 1.807) is 12.1 Å². The second-order valence-electron chi connectivity index (χ2n) is 7.71. The van der Waals surface area contributed by atoms with E-state index >= 15 is 0 Å². The first-order valence-electron chi connectivity index (χ1n) is 9.97. The number of benzene rings is 1. The second-order valence-corrected chi connectivity index (χ2v) is 7.71. The average Bonchev–Trinajstić information content (AvgIpc) is 2.68. The summed E-state index contributed by atoms with van der Waals surface area (Å²) in [6, 6.07) is 7.69. The third kappa shape index (κ3) is 7.05. The first-order chi connectivity index (χ1) is 14.2. The van der Waals surface area contributed by atoms with Gasteiger partial charge < -0.3 is 14.9 Å². The molecule has 2 fully saturated rings. The molecule has 0 aromatic heterocycles. The zero-order chi connectivity index (χ0) is 22.3. The Morgan fingerprint density at radius 1 is 1.10 bits per heavy atom. The number of ether oxygens (including phenoxy) is 1. The number of piperidine rings is 1. The predicted octanol–water partition coefficient (Wildman–Crippen LogP) is 1.82. The summed E-state index contributed by atoms with van der Waals surface area (Å²) >= 11 is 0. The van der Waals surface area contributed by atoms with Crippen LogP contribution in [-0.4, -0.2) is 81.3 Å². The fourth-order valence-corrected chi connectivity index (χ4v) is 4.02. The lowest BCUT2D eigenvalue weighted by molar-refractivity contribution is -0.385. The van der Waals surface area contributed by atoms with Crippen molar-refractivity contribution < 1.29 is 29.5 Å². The van der Waals surface area contributed by atoms with E-state index in [1.807, 2.05) is 12.1 Å². The number of para-hydroxylation sites is 1. The Balaban J connectivity index is 0.000000469. The number of carbonyl (C=O) groups is 2. The summed E-state index contributed by atoms with van der Waals surface area (Å²) in [5.41, 5.74) is 1.05. The molecule has 2 N–H and O–H groups in total. The van der Waals surface area contributed by atoms with Gasteiger partial charge in [0.2, 0.25) is 0 Å². The zero-order valence-corrected chi connectivity index (χ0v) is 17.3. The van der Waals surface area contributed by atoms with E-state index in [0.717, 1.165) is 44.6 Å². The van der Waals surface area contributed by atoms with Gasteiger partial charge in [-0.1, -0.05) is 18.2 Å². The van der Waals surface area contributed by atoms with Crippen LogP contribution in [0.4, 0.5) is 5.69 Å². The van der Waals surface area contributed by atoms with E-state index in [9.17, 15) is 10.1 Å². The molecule has 2 saturated heterocycles. The Bertz CT molecular complexity index is 728. The van der Waals surface area contributed by atoms with Gasteiger partial charge in [-0.05, 0) is 39.8 Å². The largest absolute Gasteiger partial charge is 0.473 e. The number of nitro benzene ring substituents is 1. The molecule has 10 heteroatoms. The molecule has 0 bridgehead atoms. The van der Waals surface area contributed by atoms with Crippen molar-refractivity contribution in [2.75, 3.05) is 26.2 Å². The molecule has 0 amide bonds. The van der Waals surface area contributed by atoms with Gasteiger partial charge in [0.05, 0.1) is 17.1 Å². The SMILES string of the molecule is CC1CN(C2CCN(Cc3ccccc3[N+](=O)[O-])CC2)CC(C)O1.O=C(O)C(=O)O. The van der Waals surface area contributed by atoms with Crippen LogP contribution in [0, 0.1) is 10.1 Å². The molecule has 0 saturated carbocycles. The molecule has 2 aliphatic rings. The number of aliphatic carboxylic acids is 2. The number of likely N-dealkylation sites (tertiary alicyclic amines) is 1. The molecule has 2 heterocycles. The highest BCUT2D eigenvalue weighted by molar-refractivity contribution is 6.27. The number of morpholine rings is 1. The number of nitrogens with zero attached hydrogens (tertiary/aromatic N) is 3. The van der Waals surface area contributed by atoms with Gasteiger partial charge in [0.25, 0.3) is 5.69 Å². The van der Waals surface area contributed by atoms with Crippen LogP contribution in [0.25, 0.3) is 0 Å². The maximum absolute atomic E-state index is 11.2. The van der Waals surface area contributed by atoms with E-state index in [1.165, 1.54) is 0 Å². The molecule has 2 atom stereocenters. The fourth-order valence-electron chi connectivity index (χ4n) is 4.02. The number of carboxylic acids is 2. The van der Waals surface area contributed by atoms with Crippen molar-refractivity contribution in [3.8, 4) is 0 Å². The lowest BCUT2D eigenvalue weighted by Crippen LogP contribution is -2.53. The minimum atomic E-state index is -1.82. The average molecular weight is 423 g/mol. The van der Waals surface area contributed by atoms with Crippen LogP contribution in [0.3, 0.4) is 0 Å². The Morgan fingerprint density at radius 3 is 2.13 bits per heavy atom. The summed E-state index contributed by atoms with van der Waals surface area (Å²) in [5.74, 6) is -3.65. The van der Waals surface area contributed by atoms with E-state index in [0.29, 0.717) is 24.8 Å². The molecule has 1 aromatic carbocycles. The lowest BCUT2D eigenvalue weighted by Gasteiger charge is -2.43. The van der Waals surface area contributed by atoms with Crippen molar-refractivity contribution >= 4 is 17.6 Å². The van der Waals surface area contributed by atoms with Crippen LogP contribution in [-0.2, 0) is 20.9 Å². The lowest BCUT2D eigenvalue weighted by atomic mass is 10.0. The van der Waals surface area contributed by atoms with E-state index < -0.39 is 11.9 Å². The maximum Gasteiger partial charge on any atom is 0.414 e. The smallest absolute Gasteiger partial charge is 0.414 e. The third-order valence-corrected chi connectivity index (χ3v) is 5.29. The van der Waals surface area contributed by atoms with Crippen LogP contribution < -0.4 is 0 Å². The van der Waals surface area contributed by atoms with Crippen LogP contribution >= 0.6 is 0 Å². The Hall–Kier alpha value is -2.56. The van der Waals surface area contributed by atoms with Crippen molar-refractivity contribution in [2.45, 2.75) is 51.5 Å². The molecular weight excluding hydrogens is 394 g/mol. The molecule has 0 spiro atoms. The van der Waals surface area contributed by atoms with Crippen LogP contribution in [0.15, 0.2) is 24.3 Å². The summed E-state index contributed by atoms with van der Waals surface area (Å²) in [5, 5.41) is 25.9. The first kappa shape index (κ1) is 23.7. The Kier molecular flexibility index (Phi) is 8.70. The monoisotopic (exact) mass is 423 g/mol. The molecule has 1 aromatic rings. The fraction of sp³-hybridized carbons (Fsp3) is 0.600. The summed E-state index contributed by atoms with van der Waals surface area (Å²) < 4.78 is 5.83. The van der Waals surface area contributed by atoms with Gasteiger partial charge in [0.15, 0.2) is 0 Å². The summed E-state index contributed by atoms with van der Waals surface area (Å²) in [6.45, 7) is 8.98. The maximum atomic E-state index is 11.2. The molecule has 166 valence electrons. The van der Waals surface area contributed by atoms with Crippen molar-refractivity contribution in [2.24, 2.45) is 0 Å². The Morgan fingerprint density at radius 2 is 1.63 bits per heavy atom. The quantitative estimate of drug-likeness (QED) is 0.422. The van der Waals surface area contributed by atoms with Crippen LogP contribution in [0.5, 0.6) is 0 Å².